The molecule has 0 aromatic heterocycles. The lowest BCUT2D eigenvalue weighted by atomic mass is 10.00. The van der Waals surface area contributed by atoms with Crippen molar-refractivity contribution in [3.63, 3.8) is 0 Å². The zero-order chi connectivity index (χ0) is 18.7. The number of ketones is 1. The van der Waals surface area contributed by atoms with E-state index in [9.17, 15) is 4.79 Å². The number of hydrogen-bond acceptors (Lipinski definition) is 4. The van der Waals surface area contributed by atoms with Crippen molar-refractivity contribution in [1.82, 2.24) is 4.90 Å². The molecule has 2 aromatic carbocycles. The van der Waals surface area contributed by atoms with Crippen molar-refractivity contribution in [2.75, 3.05) is 6.73 Å². The van der Waals surface area contributed by atoms with Crippen molar-refractivity contribution in [2.45, 2.75) is 32.4 Å². The molecule has 6 heteroatoms. The number of benzene rings is 2. The van der Waals surface area contributed by atoms with Crippen LogP contribution in [0.25, 0.3) is 6.08 Å². The maximum absolute atomic E-state index is 13.0. The molecule has 2 aromatic rings. The Bertz CT molecular complexity index is 991. The molecule has 0 unspecified atom stereocenters. The molecule has 0 radical (unpaired) electrons. The summed E-state index contributed by atoms with van der Waals surface area (Å²) in [6.07, 6.45) is 4.05. The summed E-state index contributed by atoms with van der Waals surface area (Å²) in [7, 11) is 0. The van der Waals surface area contributed by atoms with Crippen LogP contribution in [-0.4, -0.2) is 23.5 Å². The molecule has 2 heterocycles. The summed E-state index contributed by atoms with van der Waals surface area (Å²) in [5.74, 6) is 1.46. The van der Waals surface area contributed by atoms with Gasteiger partial charge in [-0.05, 0) is 44.0 Å². The number of fused-ring (bicyclic) bond motifs is 2. The molecule has 0 N–H and O–H groups in total. The molecule has 0 amide bonds. The SMILES string of the molecule is Cc1c2c(cc3c1O/C(=C\c1c(Cl)cccc1Cl)C3=O)CN(C1CC1)CO2. The summed E-state index contributed by atoms with van der Waals surface area (Å²) in [5.41, 5.74) is 3.05. The van der Waals surface area contributed by atoms with E-state index in [-0.39, 0.29) is 11.5 Å². The minimum Gasteiger partial charge on any atom is -0.477 e. The molecule has 138 valence electrons. The van der Waals surface area contributed by atoms with E-state index in [1.807, 2.05) is 13.0 Å². The third-order valence-corrected chi connectivity index (χ3v) is 5.96. The second-order valence-electron chi connectivity index (χ2n) is 7.19. The second kappa shape index (κ2) is 6.26. The van der Waals surface area contributed by atoms with Crippen molar-refractivity contribution in [3.8, 4) is 11.5 Å². The van der Waals surface area contributed by atoms with Gasteiger partial charge in [0.2, 0.25) is 5.78 Å². The fourth-order valence-corrected chi connectivity index (χ4v) is 4.23. The Morgan fingerprint density at radius 3 is 2.63 bits per heavy atom. The van der Waals surface area contributed by atoms with E-state index < -0.39 is 0 Å². The third kappa shape index (κ3) is 2.83. The van der Waals surface area contributed by atoms with E-state index in [2.05, 4.69) is 4.90 Å². The highest BCUT2D eigenvalue weighted by molar-refractivity contribution is 6.37. The number of allylic oxidation sites excluding steroid dienone is 1. The Hall–Kier alpha value is -2.01. The van der Waals surface area contributed by atoms with E-state index in [4.69, 9.17) is 32.7 Å². The zero-order valence-electron chi connectivity index (χ0n) is 14.7. The third-order valence-electron chi connectivity index (χ3n) is 5.30. The van der Waals surface area contributed by atoms with Crippen LogP contribution in [0.3, 0.4) is 0 Å². The average Bonchev–Trinajstić information content (AvgIpc) is 3.45. The van der Waals surface area contributed by atoms with Gasteiger partial charge in [-0.15, -0.1) is 0 Å². The molecule has 0 atom stereocenters. The first-order chi connectivity index (χ1) is 13.0. The lowest BCUT2D eigenvalue weighted by Gasteiger charge is -2.30. The molecule has 0 saturated heterocycles. The lowest BCUT2D eigenvalue weighted by molar-refractivity contribution is 0.0872. The van der Waals surface area contributed by atoms with Gasteiger partial charge in [-0.3, -0.25) is 9.69 Å². The Labute approximate surface area is 167 Å². The van der Waals surface area contributed by atoms with Gasteiger partial charge in [0.25, 0.3) is 0 Å². The van der Waals surface area contributed by atoms with Crippen LogP contribution in [0.15, 0.2) is 30.0 Å². The Balaban J connectivity index is 1.54. The van der Waals surface area contributed by atoms with E-state index >= 15 is 0 Å². The molecule has 0 spiro atoms. The molecule has 5 rings (SSSR count). The molecule has 3 aliphatic rings. The van der Waals surface area contributed by atoms with Crippen LogP contribution < -0.4 is 9.47 Å². The first-order valence-corrected chi connectivity index (χ1v) is 9.70. The zero-order valence-corrected chi connectivity index (χ0v) is 16.2. The summed E-state index contributed by atoms with van der Waals surface area (Å²) >= 11 is 12.5. The number of halogens is 2. The monoisotopic (exact) mass is 401 g/mol. The Morgan fingerprint density at radius 1 is 1.19 bits per heavy atom. The van der Waals surface area contributed by atoms with Crippen LogP contribution >= 0.6 is 23.2 Å². The van der Waals surface area contributed by atoms with Gasteiger partial charge in [0.05, 0.1) is 5.56 Å². The molecule has 2 aliphatic heterocycles. The molecule has 1 saturated carbocycles. The van der Waals surface area contributed by atoms with Crippen molar-refractivity contribution >= 4 is 35.1 Å². The standard InChI is InChI=1S/C21H17Cl2NO3/c1-11-20-12(9-24(10-26-20)13-5-6-13)7-15-19(25)18(27-21(11)15)8-14-16(22)3-2-4-17(14)23/h2-4,7-8,13H,5-6,9-10H2,1H3/b18-8-. The van der Waals surface area contributed by atoms with Crippen molar-refractivity contribution < 1.29 is 14.3 Å². The Kier molecular flexibility index (Phi) is 3.97. The highest BCUT2D eigenvalue weighted by Crippen LogP contribution is 2.44. The Morgan fingerprint density at radius 2 is 1.93 bits per heavy atom. The van der Waals surface area contributed by atoms with Gasteiger partial charge >= 0.3 is 0 Å². The van der Waals surface area contributed by atoms with E-state index in [1.165, 1.54) is 12.8 Å². The summed E-state index contributed by atoms with van der Waals surface area (Å²) in [6.45, 7) is 3.32. The van der Waals surface area contributed by atoms with Gasteiger partial charge in [0.1, 0.15) is 18.2 Å². The van der Waals surface area contributed by atoms with Crippen molar-refractivity contribution in [3.05, 3.63) is 62.3 Å². The average molecular weight is 402 g/mol. The number of nitrogens with zero attached hydrogens (tertiary/aromatic N) is 1. The molecule has 1 fully saturated rings. The van der Waals surface area contributed by atoms with Crippen LogP contribution in [0.2, 0.25) is 10.0 Å². The summed E-state index contributed by atoms with van der Waals surface area (Å²) < 4.78 is 11.9. The van der Waals surface area contributed by atoms with Gasteiger partial charge in [-0.1, -0.05) is 29.3 Å². The van der Waals surface area contributed by atoms with Crippen LogP contribution in [0.4, 0.5) is 0 Å². The van der Waals surface area contributed by atoms with E-state index in [0.717, 1.165) is 23.4 Å². The van der Waals surface area contributed by atoms with Gasteiger partial charge in [-0.25, -0.2) is 0 Å². The van der Waals surface area contributed by atoms with Gasteiger partial charge < -0.3 is 9.47 Å². The highest BCUT2D eigenvalue weighted by atomic mass is 35.5. The molecule has 0 bridgehead atoms. The fraction of sp³-hybridized carbons (Fsp3) is 0.286. The smallest absolute Gasteiger partial charge is 0.231 e. The van der Waals surface area contributed by atoms with Gasteiger partial charge in [0.15, 0.2) is 5.76 Å². The van der Waals surface area contributed by atoms with Crippen molar-refractivity contribution in [2.24, 2.45) is 0 Å². The normalized spacial score (nSPS) is 20.3. The number of carbonyl (C=O) groups is 1. The van der Waals surface area contributed by atoms with E-state index in [1.54, 1.807) is 24.3 Å². The minimum absolute atomic E-state index is 0.157. The van der Waals surface area contributed by atoms with Crippen LogP contribution in [0.5, 0.6) is 11.5 Å². The van der Waals surface area contributed by atoms with Crippen LogP contribution in [0, 0.1) is 6.92 Å². The second-order valence-corrected chi connectivity index (χ2v) is 8.01. The van der Waals surface area contributed by atoms with E-state index in [0.29, 0.717) is 39.7 Å². The first kappa shape index (κ1) is 17.1. The topological polar surface area (TPSA) is 38.8 Å². The first-order valence-electron chi connectivity index (χ1n) is 8.94. The molecular formula is C21H17Cl2NO3. The molecule has 27 heavy (non-hydrogen) atoms. The van der Waals surface area contributed by atoms with Crippen LogP contribution in [0.1, 0.15) is 39.9 Å². The highest BCUT2D eigenvalue weighted by Gasteiger charge is 2.36. The number of Topliss-reactive ketones (excluding diaryl/α,β-unsaturated/α-hetero) is 1. The molecular weight excluding hydrogens is 385 g/mol. The predicted molar refractivity (Wildman–Crippen MR) is 105 cm³/mol. The maximum atomic E-state index is 13.0. The van der Waals surface area contributed by atoms with Gasteiger partial charge in [-0.2, -0.15) is 0 Å². The summed E-state index contributed by atoms with van der Waals surface area (Å²) in [5, 5.41) is 0.948. The van der Waals surface area contributed by atoms with Crippen molar-refractivity contribution in [1.29, 1.82) is 0 Å². The fourth-order valence-electron chi connectivity index (χ4n) is 3.72. The largest absolute Gasteiger partial charge is 0.477 e. The molecule has 4 nitrogen and oxygen atoms in total. The lowest BCUT2D eigenvalue weighted by Crippen LogP contribution is -2.34. The number of hydrogen-bond donors (Lipinski definition) is 0. The summed E-state index contributed by atoms with van der Waals surface area (Å²) in [6, 6.07) is 7.74. The summed E-state index contributed by atoms with van der Waals surface area (Å²) in [4.78, 5) is 15.3. The number of rotatable bonds is 2. The maximum Gasteiger partial charge on any atom is 0.231 e. The number of ether oxygens (including phenoxy) is 2. The predicted octanol–water partition coefficient (Wildman–Crippen LogP) is 5.23. The van der Waals surface area contributed by atoms with Gasteiger partial charge in [0, 0.05) is 39.3 Å². The quantitative estimate of drug-likeness (QED) is 0.645. The number of carbonyl (C=O) groups excluding carboxylic acids is 1. The van der Waals surface area contributed by atoms with Crippen LogP contribution in [-0.2, 0) is 6.54 Å². The molecule has 1 aliphatic carbocycles. The minimum atomic E-state index is -0.157.